The Kier molecular flexibility index (Phi) is 4.16. The van der Waals surface area contributed by atoms with Crippen LogP contribution in [-0.2, 0) is 13.0 Å². The summed E-state index contributed by atoms with van der Waals surface area (Å²) in [6.45, 7) is 5.69. The van der Waals surface area contributed by atoms with E-state index in [2.05, 4.69) is 32.0 Å². The van der Waals surface area contributed by atoms with Crippen LogP contribution in [-0.4, -0.2) is 26.3 Å². The van der Waals surface area contributed by atoms with Gasteiger partial charge in [0, 0.05) is 0 Å². The molecule has 0 radical (unpaired) electrons. The van der Waals surface area contributed by atoms with Crippen LogP contribution in [0.15, 0.2) is 4.42 Å². The Labute approximate surface area is 104 Å². The maximum Gasteiger partial charge on any atom is 0.261 e. The molecule has 6 nitrogen and oxygen atoms in total. The largest absolute Gasteiger partial charge is 0.418 e. The third-order valence-electron chi connectivity index (χ3n) is 2.25. The first-order valence-corrected chi connectivity index (χ1v) is 6.47. The van der Waals surface area contributed by atoms with Gasteiger partial charge in [-0.15, -0.1) is 15.3 Å². The Balaban J connectivity index is 2.07. The van der Waals surface area contributed by atoms with Gasteiger partial charge in [-0.25, -0.2) is 0 Å². The summed E-state index contributed by atoms with van der Waals surface area (Å²) in [5.74, 6) is 1.12. The molecule has 0 atom stereocenters. The van der Waals surface area contributed by atoms with Gasteiger partial charge in [-0.05, 0) is 30.9 Å². The maximum atomic E-state index is 5.56. The number of aromatic nitrogens is 4. The van der Waals surface area contributed by atoms with Crippen molar-refractivity contribution in [3.8, 4) is 10.8 Å². The third kappa shape index (κ3) is 2.86. The van der Waals surface area contributed by atoms with Crippen LogP contribution in [0.4, 0.5) is 0 Å². The van der Waals surface area contributed by atoms with Gasteiger partial charge in [-0.3, -0.25) is 0 Å². The van der Waals surface area contributed by atoms with Crippen LogP contribution in [0.5, 0.6) is 0 Å². The van der Waals surface area contributed by atoms with Gasteiger partial charge in [0.1, 0.15) is 4.88 Å². The minimum atomic E-state index is 0.519. The van der Waals surface area contributed by atoms with E-state index in [0.717, 1.165) is 30.0 Å². The molecule has 2 rings (SSSR count). The molecule has 7 heteroatoms. The molecule has 0 aromatic carbocycles. The van der Waals surface area contributed by atoms with Crippen molar-refractivity contribution in [2.75, 3.05) is 6.54 Å². The Hall–Kier alpha value is -1.34. The van der Waals surface area contributed by atoms with Gasteiger partial charge in [-0.2, -0.15) is 0 Å². The van der Waals surface area contributed by atoms with Gasteiger partial charge >= 0.3 is 0 Å². The molecule has 0 amide bonds. The van der Waals surface area contributed by atoms with E-state index < -0.39 is 0 Å². The third-order valence-corrected chi connectivity index (χ3v) is 3.01. The fourth-order valence-electron chi connectivity index (χ4n) is 1.39. The van der Waals surface area contributed by atoms with Crippen molar-refractivity contribution in [2.45, 2.75) is 33.2 Å². The summed E-state index contributed by atoms with van der Waals surface area (Å²) in [5.41, 5.74) is 0.909. The van der Waals surface area contributed by atoms with Crippen molar-refractivity contribution in [2.24, 2.45) is 0 Å². The highest BCUT2D eigenvalue weighted by Crippen LogP contribution is 2.24. The monoisotopic (exact) mass is 253 g/mol. The molecular formula is C10H15N5OS. The van der Waals surface area contributed by atoms with Crippen LogP contribution in [0, 0.1) is 0 Å². The van der Waals surface area contributed by atoms with Crippen LogP contribution in [0.3, 0.4) is 0 Å². The standard InChI is InChI=1S/C10H15N5OS/c1-3-5-11-6-8-13-14-10(16-8)9-7(4-2)12-15-17-9/h11H,3-6H2,1-2H3. The lowest BCUT2D eigenvalue weighted by molar-refractivity contribution is 0.478. The molecule has 1 N–H and O–H groups in total. The highest BCUT2D eigenvalue weighted by Gasteiger charge is 2.15. The molecule has 0 bridgehead atoms. The normalized spacial score (nSPS) is 10.9. The fourth-order valence-corrected chi connectivity index (χ4v) is 2.06. The summed E-state index contributed by atoms with van der Waals surface area (Å²) in [6, 6.07) is 0. The summed E-state index contributed by atoms with van der Waals surface area (Å²) in [4.78, 5) is 0.877. The summed E-state index contributed by atoms with van der Waals surface area (Å²) >= 11 is 1.29. The second kappa shape index (κ2) is 5.83. The van der Waals surface area contributed by atoms with E-state index in [1.54, 1.807) is 0 Å². The first-order chi connectivity index (χ1) is 8.35. The van der Waals surface area contributed by atoms with E-state index in [9.17, 15) is 0 Å². The average Bonchev–Trinajstić information content (AvgIpc) is 2.96. The minimum Gasteiger partial charge on any atom is -0.418 e. The second-order valence-corrected chi connectivity index (χ2v) is 4.33. The lowest BCUT2D eigenvalue weighted by atomic mass is 10.3. The van der Waals surface area contributed by atoms with Crippen molar-refractivity contribution >= 4 is 11.5 Å². The second-order valence-electron chi connectivity index (χ2n) is 3.58. The predicted molar refractivity (Wildman–Crippen MR) is 64.6 cm³/mol. The van der Waals surface area contributed by atoms with Crippen molar-refractivity contribution < 1.29 is 4.42 Å². The number of hydrogen-bond donors (Lipinski definition) is 1. The predicted octanol–water partition coefficient (Wildman–Crippen LogP) is 1.65. The molecule has 0 fully saturated rings. The molecule has 0 saturated carbocycles. The van der Waals surface area contributed by atoms with Crippen molar-refractivity contribution in [3.63, 3.8) is 0 Å². The molecule has 0 spiro atoms. The highest BCUT2D eigenvalue weighted by molar-refractivity contribution is 7.09. The summed E-state index contributed by atoms with van der Waals surface area (Å²) in [6.07, 6.45) is 1.90. The van der Waals surface area contributed by atoms with E-state index in [4.69, 9.17) is 4.42 Å². The Morgan fingerprint density at radius 2 is 2.12 bits per heavy atom. The minimum absolute atomic E-state index is 0.519. The maximum absolute atomic E-state index is 5.56. The molecule has 2 heterocycles. The summed E-state index contributed by atoms with van der Waals surface area (Å²) < 4.78 is 9.47. The Bertz CT molecular complexity index is 467. The van der Waals surface area contributed by atoms with Crippen molar-refractivity contribution in [1.29, 1.82) is 0 Å². The van der Waals surface area contributed by atoms with Crippen LogP contribution in [0.25, 0.3) is 10.8 Å². The zero-order valence-corrected chi connectivity index (χ0v) is 10.8. The molecular weight excluding hydrogens is 238 g/mol. The molecule has 0 aliphatic heterocycles. The zero-order chi connectivity index (χ0) is 12.1. The molecule has 0 saturated heterocycles. The number of hydrogen-bond acceptors (Lipinski definition) is 7. The lowest BCUT2D eigenvalue weighted by Crippen LogP contribution is -2.13. The van der Waals surface area contributed by atoms with Crippen LogP contribution in [0.1, 0.15) is 31.9 Å². The van der Waals surface area contributed by atoms with Gasteiger partial charge in [0.05, 0.1) is 12.2 Å². The van der Waals surface area contributed by atoms with Gasteiger partial charge in [-0.1, -0.05) is 18.3 Å². The summed E-state index contributed by atoms with van der Waals surface area (Å²) in [7, 11) is 0. The van der Waals surface area contributed by atoms with E-state index >= 15 is 0 Å². The van der Waals surface area contributed by atoms with Crippen LogP contribution in [0.2, 0.25) is 0 Å². The van der Waals surface area contributed by atoms with Gasteiger partial charge in [0.25, 0.3) is 5.89 Å². The van der Waals surface area contributed by atoms with Crippen LogP contribution >= 0.6 is 11.5 Å². The average molecular weight is 253 g/mol. The molecule has 17 heavy (non-hydrogen) atoms. The van der Waals surface area contributed by atoms with Crippen molar-refractivity contribution in [3.05, 3.63) is 11.6 Å². The Morgan fingerprint density at radius 1 is 1.24 bits per heavy atom. The first kappa shape index (κ1) is 12.1. The van der Waals surface area contributed by atoms with E-state index in [1.165, 1.54) is 11.5 Å². The molecule has 0 aliphatic rings. The smallest absolute Gasteiger partial charge is 0.261 e. The number of rotatable bonds is 6. The molecule has 2 aromatic heterocycles. The molecule has 0 unspecified atom stereocenters. The van der Waals surface area contributed by atoms with Crippen molar-refractivity contribution in [1.82, 2.24) is 25.1 Å². The highest BCUT2D eigenvalue weighted by atomic mass is 32.1. The number of aryl methyl sites for hydroxylation is 1. The van der Waals surface area contributed by atoms with Crippen LogP contribution < -0.4 is 5.32 Å². The SMILES string of the molecule is CCCNCc1nnc(-c2snnc2CC)o1. The van der Waals surface area contributed by atoms with E-state index in [1.807, 2.05) is 6.92 Å². The van der Waals surface area contributed by atoms with Gasteiger partial charge in [0.2, 0.25) is 5.89 Å². The van der Waals surface area contributed by atoms with E-state index in [-0.39, 0.29) is 0 Å². The summed E-state index contributed by atoms with van der Waals surface area (Å²) in [5, 5.41) is 15.2. The molecule has 92 valence electrons. The van der Waals surface area contributed by atoms with Gasteiger partial charge in [0.15, 0.2) is 0 Å². The number of nitrogens with zero attached hydrogens (tertiary/aromatic N) is 4. The zero-order valence-electron chi connectivity index (χ0n) is 9.93. The van der Waals surface area contributed by atoms with E-state index in [0.29, 0.717) is 18.3 Å². The number of nitrogens with one attached hydrogen (secondary N) is 1. The quantitative estimate of drug-likeness (QED) is 0.789. The van der Waals surface area contributed by atoms with Gasteiger partial charge < -0.3 is 9.73 Å². The molecule has 0 aliphatic carbocycles. The first-order valence-electron chi connectivity index (χ1n) is 5.69. The molecule has 2 aromatic rings. The lowest BCUT2D eigenvalue weighted by Gasteiger charge is -1.96. The Morgan fingerprint density at radius 3 is 2.88 bits per heavy atom. The topological polar surface area (TPSA) is 76.7 Å². The fraction of sp³-hybridized carbons (Fsp3) is 0.600.